The van der Waals surface area contributed by atoms with E-state index in [1.165, 1.54) is 36.4 Å². The quantitative estimate of drug-likeness (QED) is 0.0401. The minimum atomic E-state index is -4.60. The SMILES string of the molecule is C#CCNC(=O)CCCCCC1(C)C(=CC=CC=CC2=[N+](CCCS(=O)(=O)O)c3ccc(S(=O)(=O)O)cc3C2(C)C)N(CCCS(=O)(=O)O)c2ccc(S(=O)(=O)O)cc21. The van der Waals surface area contributed by atoms with Crippen molar-refractivity contribution < 1.29 is 61.3 Å². The minimum Gasteiger partial charge on any atom is -0.345 e. The van der Waals surface area contributed by atoms with E-state index in [-0.39, 0.29) is 54.6 Å². The number of nitrogens with zero attached hydrogens (tertiary/aromatic N) is 2. The van der Waals surface area contributed by atoms with E-state index in [4.69, 9.17) is 6.42 Å². The summed E-state index contributed by atoms with van der Waals surface area (Å²) >= 11 is 0. The van der Waals surface area contributed by atoms with Gasteiger partial charge in [0.25, 0.3) is 40.5 Å². The van der Waals surface area contributed by atoms with Gasteiger partial charge in [0.2, 0.25) is 11.6 Å². The van der Waals surface area contributed by atoms with Crippen LogP contribution in [0.2, 0.25) is 0 Å². The Morgan fingerprint density at radius 2 is 1.41 bits per heavy atom. The molecule has 1 atom stereocenters. The van der Waals surface area contributed by atoms with Crippen LogP contribution in [0.5, 0.6) is 0 Å². The fourth-order valence-corrected chi connectivity index (χ4v) is 9.60. The number of amides is 1. The van der Waals surface area contributed by atoms with Crippen molar-refractivity contribution in [3.8, 4) is 12.3 Å². The Balaban J connectivity index is 1.75. The molecule has 2 aliphatic heterocycles. The van der Waals surface area contributed by atoms with Crippen LogP contribution in [0.1, 0.15) is 76.8 Å². The predicted molar refractivity (Wildman–Crippen MR) is 223 cm³/mol. The summed E-state index contributed by atoms with van der Waals surface area (Å²) in [5.41, 5.74) is 1.88. The molecule has 2 aromatic carbocycles. The normalized spacial score (nSPS) is 18.8. The van der Waals surface area contributed by atoms with Crippen LogP contribution in [-0.4, -0.2) is 99.2 Å². The molecule has 20 heteroatoms. The van der Waals surface area contributed by atoms with E-state index in [0.717, 1.165) is 0 Å². The lowest BCUT2D eigenvalue weighted by Gasteiger charge is -2.30. The van der Waals surface area contributed by atoms with E-state index < -0.39 is 62.8 Å². The molecule has 0 bridgehead atoms. The maximum atomic E-state index is 12.3. The van der Waals surface area contributed by atoms with E-state index in [9.17, 15) is 56.7 Å². The molecular weight excluding hydrogens is 847 g/mol. The molecule has 0 radical (unpaired) electrons. The standard InChI is InChI=1S/C39H49N3O13S4/c1-5-22-40-37(43)16-10-7-11-21-39(4)32-28-30(59(53,54)55)18-20-34(32)42(24-13-26-57(47,48)49)36(39)15-9-6-8-14-35-38(2,3)31-27-29(58(50,51)52)17-19-33(31)41(35)23-12-25-56(44,45)46/h1,6,8-9,14-15,17-20,27-28H,7,10-13,16,21-26H2,2-4H3,(H4-,40,43,44,45,46,47,48,49,50,51,52,53,54,55)/p+1. The number of anilines is 1. The van der Waals surface area contributed by atoms with Gasteiger partial charge in [-0.15, -0.1) is 6.42 Å². The van der Waals surface area contributed by atoms with E-state index in [0.29, 0.717) is 59.6 Å². The first-order valence-electron chi connectivity index (χ1n) is 18.6. The molecule has 5 N–H and O–H groups in total. The number of rotatable bonds is 20. The highest BCUT2D eigenvalue weighted by Crippen LogP contribution is 2.51. The molecule has 0 fully saturated rings. The minimum absolute atomic E-state index is 0.0167. The molecule has 2 heterocycles. The third kappa shape index (κ3) is 12.2. The van der Waals surface area contributed by atoms with Crippen LogP contribution in [0.25, 0.3) is 0 Å². The number of benzene rings is 2. The van der Waals surface area contributed by atoms with Gasteiger partial charge in [-0.2, -0.15) is 38.2 Å². The Labute approximate surface area is 346 Å². The van der Waals surface area contributed by atoms with Gasteiger partial charge in [-0.1, -0.05) is 37.0 Å². The van der Waals surface area contributed by atoms with E-state index in [1.54, 1.807) is 30.4 Å². The van der Waals surface area contributed by atoms with Crippen LogP contribution in [0.15, 0.2) is 82.3 Å². The number of unbranched alkanes of at least 4 members (excludes halogenated alkanes) is 2. The lowest BCUT2D eigenvalue weighted by molar-refractivity contribution is -0.437. The van der Waals surface area contributed by atoms with Gasteiger partial charge in [-0.25, -0.2) is 0 Å². The highest BCUT2D eigenvalue weighted by Gasteiger charge is 2.45. The summed E-state index contributed by atoms with van der Waals surface area (Å²) in [6, 6.07) is 8.29. The lowest BCUT2D eigenvalue weighted by Crippen LogP contribution is -2.30. The topological polar surface area (TPSA) is 253 Å². The van der Waals surface area contributed by atoms with Gasteiger partial charge in [0.05, 0.1) is 33.3 Å². The molecule has 2 aliphatic rings. The molecule has 0 aromatic heterocycles. The Hall–Kier alpha value is -4.20. The predicted octanol–water partition coefficient (Wildman–Crippen LogP) is 4.59. The summed E-state index contributed by atoms with van der Waals surface area (Å²) in [5, 5.41) is 2.62. The van der Waals surface area contributed by atoms with Crippen LogP contribution >= 0.6 is 0 Å². The Morgan fingerprint density at radius 1 is 0.797 bits per heavy atom. The van der Waals surface area contributed by atoms with E-state index >= 15 is 0 Å². The van der Waals surface area contributed by atoms with Gasteiger partial charge >= 0.3 is 0 Å². The van der Waals surface area contributed by atoms with Crippen LogP contribution < -0.4 is 10.2 Å². The molecule has 1 amide bonds. The number of fused-ring (bicyclic) bond motifs is 2. The number of terminal acetylenes is 1. The van der Waals surface area contributed by atoms with Crippen LogP contribution in [0.4, 0.5) is 11.4 Å². The third-order valence-electron chi connectivity index (χ3n) is 10.4. The third-order valence-corrected chi connectivity index (χ3v) is 13.7. The Morgan fingerprint density at radius 3 is 2.02 bits per heavy atom. The summed E-state index contributed by atoms with van der Waals surface area (Å²) in [6.07, 6.45) is 16.5. The molecule has 0 aliphatic carbocycles. The Kier molecular flexibility index (Phi) is 15.0. The second kappa shape index (κ2) is 18.6. The average molecular weight is 897 g/mol. The second-order valence-corrected chi connectivity index (χ2v) is 21.1. The molecule has 0 spiro atoms. The van der Waals surface area contributed by atoms with Crippen molar-refractivity contribution >= 4 is 63.5 Å². The summed E-state index contributed by atoms with van der Waals surface area (Å²) in [7, 11) is -17.7. The van der Waals surface area contributed by atoms with Crippen LogP contribution in [0.3, 0.4) is 0 Å². The van der Waals surface area contributed by atoms with Crippen molar-refractivity contribution in [1.29, 1.82) is 0 Å². The van der Waals surface area contributed by atoms with Gasteiger partial charge < -0.3 is 10.2 Å². The summed E-state index contributed by atoms with van der Waals surface area (Å²) < 4.78 is 135. The summed E-state index contributed by atoms with van der Waals surface area (Å²) in [5.74, 6) is 1.12. The monoisotopic (exact) mass is 896 g/mol. The summed E-state index contributed by atoms with van der Waals surface area (Å²) in [4.78, 5) is 13.3. The maximum Gasteiger partial charge on any atom is 0.294 e. The van der Waals surface area contributed by atoms with E-state index in [2.05, 4.69) is 11.2 Å². The van der Waals surface area contributed by atoms with Crippen molar-refractivity contribution in [1.82, 2.24) is 5.32 Å². The Bertz CT molecular complexity index is 2570. The molecule has 16 nitrogen and oxygen atoms in total. The molecule has 0 saturated heterocycles. The number of hydrogen-bond donors (Lipinski definition) is 5. The van der Waals surface area contributed by atoms with Crippen molar-refractivity contribution in [2.45, 2.75) is 86.3 Å². The number of carbonyl (C=O) groups is 1. The smallest absolute Gasteiger partial charge is 0.294 e. The second-order valence-electron chi connectivity index (χ2n) is 15.1. The number of nitrogens with one attached hydrogen (secondary N) is 1. The van der Waals surface area contributed by atoms with E-state index in [1.807, 2.05) is 30.2 Å². The van der Waals surface area contributed by atoms with Crippen molar-refractivity contribution in [2.24, 2.45) is 0 Å². The van der Waals surface area contributed by atoms with Crippen LogP contribution in [0, 0.1) is 12.3 Å². The zero-order chi connectivity index (χ0) is 44.0. The fraction of sp³-hybridized carbons (Fsp3) is 0.436. The highest BCUT2D eigenvalue weighted by molar-refractivity contribution is 7.86. The van der Waals surface area contributed by atoms with Gasteiger partial charge in [-0.3, -0.25) is 23.0 Å². The average Bonchev–Trinajstić information content (AvgIpc) is 3.47. The first kappa shape index (κ1) is 47.5. The molecule has 59 heavy (non-hydrogen) atoms. The van der Waals surface area contributed by atoms with Gasteiger partial charge in [-0.05, 0) is 82.0 Å². The molecular formula is C39H50N3O13S4+. The number of carbonyl (C=O) groups excluding carboxylic acids is 1. The highest BCUT2D eigenvalue weighted by atomic mass is 32.2. The van der Waals surface area contributed by atoms with Crippen LogP contribution in [-0.2, 0) is 56.1 Å². The van der Waals surface area contributed by atoms with Crippen molar-refractivity contribution in [3.05, 3.63) is 83.6 Å². The largest absolute Gasteiger partial charge is 0.345 e. The molecule has 4 rings (SSSR count). The summed E-state index contributed by atoms with van der Waals surface area (Å²) in [6.45, 7) is 5.95. The number of hydrogen-bond acceptors (Lipinski definition) is 10. The fourth-order valence-electron chi connectivity index (χ4n) is 7.60. The zero-order valence-corrected chi connectivity index (χ0v) is 36.2. The molecule has 322 valence electrons. The first-order valence-corrected chi connectivity index (χ1v) is 24.7. The lowest BCUT2D eigenvalue weighted by atomic mass is 9.77. The zero-order valence-electron chi connectivity index (χ0n) is 32.9. The van der Waals surface area contributed by atoms with Gasteiger partial charge in [0.15, 0.2) is 5.71 Å². The van der Waals surface area contributed by atoms with Crippen molar-refractivity contribution in [3.63, 3.8) is 0 Å². The first-order chi connectivity index (χ1) is 27.3. The molecule has 2 aromatic rings. The number of allylic oxidation sites excluding steroid dienone is 6. The van der Waals surface area contributed by atoms with Crippen molar-refractivity contribution in [2.75, 3.05) is 36.0 Å². The molecule has 1 unspecified atom stereocenters. The molecule has 0 saturated carbocycles. The van der Waals surface area contributed by atoms with Gasteiger partial charge in [0.1, 0.15) is 6.54 Å². The maximum absolute atomic E-state index is 12.3. The van der Waals surface area contributed by atoms with Gasteiger partial charge in [0, 0.05) is 53.9 Å².